The number of aromatic nitrogens is 2. The zero-order valence-corrected chi connectivity index (χ0v) is 14.9. The van der Waals surface area contributed by atoms with Crippen LogP contribution in [0.15, 0.2) is 42.6 Å². The van der Waals surface area contributed by atoms with E-state index in [0.717, 1.165) is 23.4 Å². The predicted octanol–water partition coefficient (Wildman–Crippen LogP) is 3.44. The van der Waals surface area contributed by atoms with Crippen molar-refractivity contribution in [2.45, 2.75) is 33.9 Å². The van der Waals surface area contributed by atoms with Crippen molar-refractivity contribution in [3.05, 3.63) is 59.4 Å². The summed E-state index contributed by atoms with van der Waals surface area (Å²) in [5, 5.41) is 4.32. The molecule has 0 saturated carbocycles. The van der Waals surface area contributed by atoms with Gasteiger partial charge in [-0.25, -0.2) is 0 Å². The van der Waals surface area contributed by atoms with Crippen LogP contribution in [0.1, 0.15) is 35.5 Å². The van der Waals surface area contributed by atoms with Crippen LogP contribution >= 0.6 is 0 Å². The smallest absolute Gasteiger partial charge is 0.254 e. The van der Waals surface area contributed by atoms with Crippen molar-refractivity contribution in [2.24, 2.45) is 0 Å². The zero-order chi connectivity index (χ0) is 17.7. The molecule has 0 unspecified atom stereocenters. The molecule has 0 aliphatic rings. The van der Waals surface area contributed by atoms with Crippen LogP contribution in [0, 0.1) is 6.92 Å². The average molecular weight is 327 g/mol. The van der Waals surface area contributed by atoms with Gasteiger partial charge in [-0.3, -0.25) is 9.48 Å². The topological polar surface area (TPSA) is 47.4 Å². The Morgan fingerprint density at radius 1 is 1.42 bits per heavy atom. The van der Waals surface area contributed by atoms with E-state index in [1.54, 1.807) is 24.1 Å². The Morgan fingerprint density at radius 2 is 2.17 bits per heavy atom. The van der Waals surface area contributed by atoms with Crippen molar-refractivity contribution >= 4 is 5.91 Å². The summed E-state index contributed by atoms with van der Waals surface area (Å²) < 4.78 is 7.54. The highest BCUT2D eigenvalue weighted by Crippen LogP contribution is 2.17. The summed E-state index contributed by atoms with van der Waals surface area (Å²) in [6, 6.07) is 7.24. The molecule has 1 aromatic carbocycles. The molecule has 5 heteroatoms. The number of hydrogen-bond acceptors (Lipinski definition) is 3. The molecule has 0 spiro atoms. The van der Waals surface area contributed by atoms with Crippen LogP contribution in [0.4, 0.5) is 0 Å². The molecule has 0 bridgehead atoms. The van der Waals surface area contributed by atoms with Gasteiger partial charge in [-0.05, 0) is 44.5 Å². The Kier molecular flexibility index (Phi) is 5.79. The van der Waals surface area contributed by atoms with Gasteiger partial charge in [-0.1, -0.05) is 12.6 Å². The molecule has 1 amide bonds. The molecule has 5 nitrogen and oxygen atoms in total. The lowest BCUT2D eigenvalue weighted by atomic mass is 10.1. The lowest BCUT2D eigenvalue weighted by Crippen LogP contribution is -2.26. The van der Waals surface area contributed by atoms with Gasteiger partial charge in [0, 0.05) is 37.0 Å². The third-order valence-corrected chi connectivity index (χ3v) is 3.82. The summed E-state index contributed by atoms with van der Waals surface area (Å²) >= 11 is 0. The highest BCUT2D eigenvalue weighted by Gasteiger charge is 2.15. The molecule has 0 aliphatic heterocycles. The number of aryl methyl sites for hydroxylation is 1. The fourth-order valence-electron chi connectivity index (χ4n) is 2.43. The summed E-state index contributed by atoms with van der Waals surface area (Å²) in [5.74, 6) is 0.631. The number of amides is 1. The number of nitrogens with zero attached hydrogens (tertiary/aromatic N) is 3. The van der Waals surface area contributed by atoms with Gasteiger partial charge in [0.1, 0.15) is 12.4 Å². The van der Waals surface area contributed by atoms with Crippen molar-refractivity contribution in [2.75, 3.05) is 13.7 Å². The highest BCUT2D eigenvalue weighted by molar-refractivity contribution is 5.94. The Hall–Kier alpha value is -2.56. The number of benzene rings is 1. The second-order valence-corrected chi connectivity index (χ2v) is 6.01. The quantitative estimate of drug-likeness (QED) is 0.732. The Labute approximate surface area is 143 Å². The van der Waals surface area contributed by atoms with Gasteiger partial charge in [-0.2, -0.15) is 5.10 Å². The fourth-order valence-corrected chi connectivity index (χ4v) is 2.43. The van der Waals surface area contributed by atoms with E-state index in [1.807, 2.05) is 36.9 Å². The lowest BCUT2D eigenvalue weighted by molar-refractivity contribution is 0.0784. The van der Waals surface area contributed by atoms with Gasteiger partial charge >= 0.3 is 0 Å². The minimum Gasteiger partial charge on any atom is -0.489 e. The molecular weight excluding hydrogens is 302 g/mol. The van der Waals surface area contributed by atoms with Crippen molar-refractivity contribution in [1.82, 2.24) is 14.7 Å². The molecular formula is C19H25N3O2. The number of hydrogen-bond donors (Lipinski definition) is 0. The van der Waals surface area contributed by atoms with Gasteiger partial charge in [0.25, 0.3) is 5.91 Å². The minimum atomic E-state index is -0.0422. The number of ether oxygens (including phenoxy) is 1. The van der Waals surface area contributed by atoms with E-state index in [4.69, 9.17) is 4.74 Å². The molecule has 2 aromatic rings. The van der Waals surface area contributed by atoms with E-state index in [2.05, 4.69) is 18.6 Å². The van der Waals surface area contributed by atoms with E-state index < -0.39 is 0 Å². The molecule has 128 valence electrons. The van der Waals surface area contributed by atoms with Crippen molar-refractivity contribution < 1.29 is 9.53 Å². The third kappa shape index (κ3) is 4.25. The molecule has 0 atom stereocenters. The van der Waals surface area contributed by atoms with Gasteiger partial charge in [-0.15, -0.1) is 0 Å². The molecule has 0 aliphatic carbocycles. The van der Waals surface area contributed by atoms with Crippen molar-refractivity contribution in [1.29, 1.82) is 0 Å². The Bertz CT molecular complexity index is 734. The van der Waals surface area contributed by atoms with E-state index >= 15 is 0 Å². The summed E-state index contributed by atoms with van der Waals surface area (Å²) in [4.78, 5) is 14.3. The first-order valence-corrected chi connectivity index (χ1v) is 8.06. The van der Waals surface area contributed by atoms with E-state index in [9.17, 15) is 4.79 Å². The minimum absolute atomic E-state index is 0.0422. The van der Waals surface area contributed by atoms with E-state index in [1.165, 1.54) is 0 Å². The molecule has 0 fully saturated rings. The third-order valence-electron chi connectivity index (χ3n) is 3.82. The summed E-state index contributed by atoms with van der Waals surface area (Å²) in [7, 11) is 1.80. The standard InChI is InChI=1S/C19H25N3O2/c1-6-22-15(4)17(11-20-22)12-21(5)19(23)16-8-7-9-18(10-16)24-13-14(2)3/h7-11H,2,6,12-13H2,1,3-5H3. The summed E-state index contributed by atoms with van der Waals surface area (Å²) in [6.07, 6.45) is 1.83. The molecule has 0 saturated heterocycles. The average Bonchev–Trinajstić information content (AvgIpc) is 2.92. The second-order valence-electron chi connectivity index (χ2n) is 6.01. The molecule has 24 heavy (non-hydrogen) atoms. The predicted molar refractivity (Wildman–Crippen MR) is 95.2 cm³/mol. The van der Waals surface area contributed by atoms with Gasteiger partial charge in [0.05, 0.1) is 6.20 Å². The van der Waals surface area contributed by atoms with Crippen molar-refractivity contribution in [3.63, 3.8) is 0 Å². The Balaban J connectivity index is 2.08. The van der Waals surface area contributed by atoms with Gasteiger partial charge < -0.3 is 9.64 Å². The van der Waals surface area contributed by atoms with Crippen LogP contribution in [-0.4, -0.2) is 34.2 Å². The van der Waals surface area contributed by atoms with Gasteiger partial charge in [0.15, 0.2) is 0 Å². The molecule has 1 aromatic heterocycles. The maximum absolute atomic E-state index is 12.7. The van der Waals surface area contributed by atoms with E-state index in [0.29, 0.717) is 24.5 Å². The summed E-state index contributed by atoms with van der Waals surface area (Å²) in [5.41, 5.74) is 3.70. The van der Waals surface area contributed by atoms with E-state index in [-0.39, 0.29) is 5.91 Å². The first kappa shape index (κ1) is 17.8. The fraction of sp³-hybridized carbons (Fsp3) is 0.368. The number of carbonyl (C=O) groups excluding carboxylic acids is 1. The first-order valence-electron chi connectivity index (χ1n) is 8.06. The normalized spacial score (nSPS) is 10.5. The van der Waals surface area contributed by atoms with Crippen LogP contribution < -0.4 is 4.74 Å². The van der Waals surface area contributed by atoms with Crippen LogP contribution in [0.25, 0.3) is 0 Å². The zero-order valence-electron chi connectivity index (χ0n) is 14.9. The molecule has 0 N–H and O–H groups in total. The Morgan fingerprint density at radius 3 is 2.79 bits per heavy atom. The van der Waals surface area contributed by atoms with Crippen LogP contribution in [-0.2, 0) is 13.1 Å². The van der Waals surface area contributed by atoms with Crippen LogP contribution in [0.2, 0.25) is 0 Å². The summed E-state index contributed by atoms with van der Waals surface area (Å²) in [6.45, 7) is 11.6. The molecule has 0 radical (unpaired) electrons. The first-order chi connectivity index (χ1) is 11.4. The lowest BCUT2D eigenvalue weighted by Gasteiger charge is -2.17. The second kappa shape index (κ2) is 7.81. The molecule has 2 rings (SSSR count). The maximum atomic E-state index is 12.7. The van der Waals surface area contributed by atoms with Crippen LogP contribution in [0.5, 0.6) is 5.75 Å². The number of carbonyl (C=O) groups is 1. The van der Waals surface area contributed by atoms with Crippen LogP contribution in [0.3, 0.4) is 0 Å². The SMILES string of the molecule is C=C(C)COc1cccc(C(=O)N(C)Cc2cnn(CC)c2C)c1. The van der Waals surface area contributed by atoms with Gasteiger partial charge in [0.2, 0.25) is 0 Å². The monoisotopic (exact) mass is 327 g/mol. The highest BCUT2D eigenvalue weighted by atomic mass is 16.5. The van der Waals surface area contributed by atoms with Crippen molar-refractivity contribution in [3.8, 4) is 5.75 Å². The largest absolute Gasteiger partial charge is 0.489 e. The maximum Gasteiger partial charge on any atom is 0.254 e. The number of rotatable bonds is 7. The molecule has 1 heterocycles.